The summed E-state index contributed by atoms with van der Waals surface area (Å²) in [5.41, 5.74) is 0.472. The molecular weight excluding hydrogens is 390 g/mol. The Balaban J connectivity index is 1.66. The smallest absolute Gasteiger partial charge is 0.387 e. The van der Waals surface area contributed by atoms with Crippen LogP contribution in [0, 0.1) is 0 Å². The van der Waals surface area contributed by atoms with Crippen molar-refractivity contribution in [3.8, 4) is 5.75 Å². The lowest BCUT2D eigenvalue weighted by molar-refractivity contribution is -0.0504. The van der Waals surface area contributed by atoms with E-state index in [0.717, 1.165) is 22.3 Å². The molecule has 1 aliphatic carbocycles. The molecule has 8 heteroatoms. The summed E-state index contributed by atoms with van der Waals surface area (Å²) in [4.78, 5) is 16.9. The Morgan fingerprint density at radius 2 is 2.26 bits per heavy atom. The topological polar surface area (TPSA) is 51.2 Å². The Morgan fingerprint density at radius 1 is 1.48 bits per heavy atom. The number of aromatic nitrogens is 1. The van der Waals surface area contributed by atoms with Crippen LogP contribution in [0.3, 0.4) is 0 Å². The van der Waals surface area contributed by atoms with Crippen LogP contribution in [-0.4, -0.2) is 17.5 Å². The zero-order valence-electron chi connectivity index (χ0n) is 11.9. The van der Waals surface area contributed by atoms with Crippen molar-refractivity contribution >= 4 is 33.2 Å². The molecule has 0 bridgehead atoms. The molecule has 1 amide bonds. The molecule has 1 fully saturated rings. The molecule has 1 aromatic carbocycles. The SMILES string of the molecule is O=C(NCc1cc(Br)ccc1OC(F)F)c1cnc(C2CC2)s1. The van der Waals surface area contributed by atoms with Gasteiger partial charge < -0.3 is 10.1 Å². The van der Waals surface area contributed by atoms with Gasteiger partial charge in [-0.2, -0.15) is 8.78 Å². The van der Waals surface area contributed by atoms with Crippen molar-refractivity contribution in [2.24, 2.45) is 0 Å². The lowest BCUT2D eigenvalue weighted by Gasteiger charge is -2.11. The third-order valence-corrected chi connectivity index (χ3v) is 5.00. The van der Waals surface area contributed by atoms with Crippen molar-refractivity contribution in [3.63, 3.8) is 0 Å². The number of hydrogen-bond acceptors (Lipinski definition) is 4. The quantitative estimate of drug-likeness (QED) is 0.782. The van der Waals surface area contributed by atoms with E-state index in [1.807, 2.05) is 0 Å². The average molecular weight is 403 g/mol. The average Bonchev–Trinajstić information content (AvgIpc) is 3.24. The minimum atomic E-state index is -2.91. The summed E-state index contributed by atoms with van der Waals surface area (Å²) in [5.74, 6) is 0.279. The van der Waals surface area contributed by atoms with Gasteiger partial charge in [-0.15, -0.1) is 11.3 Å². The second-order valence-corrected chi connectivity index (χ2v) is 7.13. The highest BCUT2D eigenvalue weighted by Crippen LogP contribution is 2.41. The van der Waals surface area contributed by atoms with E-state index in [9.17, 15) is 13.6 Å². The summed E-state index contributed by atoms with van der Waals surface area (Å²) in [6.45, 7) is -2.81. The minimum Gasteiger partial charge on any atom is -0.434 e. The molecule has 1 N–H and O–H groups in total. The van der Waals surface area contributed by atoms with E-state index in [2.05, 4.69) is 31.0 Å². The number of amides is 1. The number of halogens is 3. The molecule has 1 aromatic heterocycles. The van der Waals surface area contributed by atoms with Gasteiger partial charge in [0, 0.05) is 22.5 Å². The lowest BCUT2D eigenvalue weighted by atomic mass is 10.2. The molecule has 2 aromatic rings. The molecular formula is C15H13BrF2N2O2S. The maximum Gasteiger partial charge on any atom is 0.387 e. The summed E-state index contributed by atoms with van der Waals surface area (Å²) < 4.78 is 30.0. The third kappa shape index (κ3) is 4.26. The van der Waals surface area contributed by atoms with Gasteiger partial charge in [0.2, 0.25) is 0 Å². The summed E-state index contributed by atoms with van der Waals surface area (Å²) in [5, 5.41) is 3.70. The molecule has 1 heterocycles. The molecule has 1 aliphatic rings. The summed E-state index contributed by atoms with van der Waals surface area (Å²) >= 11 is 4.66. The maximum atomic E-state index is 12.4. The number of rotatable bonds is 6. The Labute approximate surface area is 144 Å². The van der Waals surface area contributed by atoms with Crippen LogP contribution in [0.2, 0.25) is 0 Å². The van der Waals surface area contributed by atoms with Crippen molar-refractivity contribution in [1.29, 1.82) is 0 Å². The molecule has 1 saturated carbocycles. The van der Waals surface area contributed by atoms with Crippen molar-refractivity contribution in [1.82, 2.24) is 10.3 Å². The van der Waals surface area contributed by atoms with Crippen LogP contribution in [0.15, 0.2) is 28.9 Å². The fourth-order valence-corrected chi connectivity index (χ4v) is 3.48. The van der Waals surface area contributed by atoms with Crippen LogP contribution in [0.1, 0.15) is 39.0 Å². The van der Waals surface area contributed by atoms with Crippen molar-refractivity contribution in [3.05, 3.63) is 44.3 Å². The Morgan fingerprint density at radius 3 is 2.96 bits per heavy atom. The summed E-state index contributed by atoms with van der Waals surface area (Å²) in [6, 6.07) is 4.68. The van der Waals surface area contributed by atoms with E-state index in [-0.39, 0.29) is 18.2 Å². The van der Waals surface area contributed by atoms with Crippen LogP contribution in [-0.2, 0) is 6.54 Å². The number of hydrogen-bond donors (Lipinski definition) is 1. The normalized spacial score (nSPS) is 14.1. The molecule has 0 radical (unpaired) electrons. The number of benzene rings is 1. The molecule has 0 saturated heterocycles. The standard InChI is InChI=1S/C15H13BrF2N2O2S/c16-10-3-4-11(22-15(17)18)9(5-10)6-19-13(21)12-7-20-14(23-12)8-1-2-8/h3-5,7-8,15H,1-2,6H2,(H,19,21). The second-order valence-electron chi connectivity index (χ2n) is 5.15. The van der Waals surface area contributed by atoms with E-state index >= 15 is 0 Å². The minimum absolute atomic E-state index is 0.0477. The van der Waals surface area contributed by atoms with Gasteiger partial charge in [-0.1, -0.05) is 15.9 Å². The first-order chi connectivity index (χ1) is 11.0. The monoisotopic (exact) mass is 402 g/mol. The Bertz CT molecular complexity index is 719. The van der Waals surface area contributed by atoms with Gasteiger partial charge in [-0.3, -0.25) is 4.79 Å². The van der Waals surface area contributed by atoms with E-state index < -0.39 is 6.61 Å². The first-order valence-electron chi connectivity index (χ1n) is 7.00. The predicted molar refractivity (Wildman–Crippen MR) is 86.0 cm³/mol. The number of carbonyl (C=O) groups is 1. The van der Waals surface area contributed by atoms with Crippen molar-refractivity contribution in [2.75, 3.05) is 0 Å². The second kappa shape index (κ2) is 6.92. The molecule has 3 rings (SSSR count). The molecule has 122 valence electrons. The van der Waals surface area contributed by atoms with Crippen molar-refractivity contribution < 1.29 is 18.3 Å². The van der Waals surface area contributed by atoms with Crippen LogP contribution in [0.25, 0.3) is 0 Å². The highest BCUT2D eigenvalue weighted by atomic mass is 79.9. The van der Waals surface area contributed by atoms with E-state index in [0.29, 0.717) is 16.4 Å². The zero-order valence-corrected chi connectivity index (χ0v) is 14.3. The van der Waals surface area contributed by atoms with Gasteiger partial charge >= 0.3 is 6.61 Å². The number of ether oxygens (including phenoxy) is 1. The Hall–Kier alpha value is -1.54. The van der Waals surface area contributed by atoms with Gasteiger partial charge in [0.05, 0.1) is 11.2 Å². The first-order valence-corrected chi connectivity index (χ1v) is 8.61. The molecule has 0 atom stereocenters. The number of carbonyl (C=O) groups excluding carboxylic acids is 1. The van der Waals surface area contributed by atoms with E-state index in [4.69, 9.17) is 0 Å². The van der Waals surface area contributed by atoms with Gasteiger partial charge in [0.15, 0.2) is 0 Å². The van der Waals surface area contributed by atoms with Gasteiger partial charge in [0.25, 0.3) is 5.91 Å². The van der Waals surface area contributed by atoms with Crippen molar-refractivity contribution in [2.45, 2.75) is 31.9 Å². The highest BCUT2D eigenvalue weighted by Gasteiger charge is 2.27. The number of thiazole rings is 1. The molecule has 4 nitrogen and oxygen atoms in total. The molecule has 0 unspecified atom stereocenters. The largest absolute Gasteiger partial charge is 0.434 e. The Kier molecular flexibility index (Phi) is 4.91. The molecule has 0 aliphatic heterocycles. The fourth-order valence-electron chi connectivity index (χ4n) is 2.07. The maximum absolute atomic E-state index is 12.4. The van der Waals surface area contributed by atoms with E-state index in [1.165, 1.54) is 17.4 Å². The van der Waals surface area contributed by atoms with Crippen LogP contribution in [0.5, 0.6) is 5.75 Å². The van der Waals surface area contributed by atoms with Crippen LogP contribution < -0.4 is 10.1 Å². The van der Waals surface area contributed by atoms with Gasteiger partial charge in [-0.05, 0) is 31.0 Å². The van der Waals surface area contributed by atoms with Gasteiger partial charge in [-0.25, -0.2) is 4.98 Å². The molecule has 0 spiro atoms. The number of nitrogens with one attached hydrogen (secondary N) is 1. The predicted octanol–water partition coefficient (Wildman–Crippen LogP) is 4.31. The summed E-state index contributed by atoms with van der Waals surface area (Å²) in [6.07, 6.45) is 3.81. The lowest BCUT2D eigenvalue weighted by Crippen LogP contribution is -2.22. The third-order valence-electron chi connectivity index (χ3n) is 3.35. The molecule has 23 heavy (non-hydrogen) atoms. The fraction of sp³-hybridized carbons (Fsp3) is 0.333. The zero-order chi connectivity index (χ0) is 16.4. The number of nitrogens with zero attached hydrogens (tertiary/aromatic N) is 1. The van der Waals surface area contributed by atoms with Crippen LogP contribution in [0.4, 0.5) is 8.78 Å². The van der Waals surface area contributed by atoms with E-state index in [1.54, 1.807) is 18.3 Å². The highest BCUT2D eigenvalue weighted by molar-refractivity contribution is 9.10. The summed E-state index contributed by atoms with van der Waals surface area (Å²) in [7, 11) is 0. The van der Waals surface area contributed by atoms with Gasteiger partial charge in [0.1, 0.15) is 10.6 Å². The first kappa shape index (κ1) is 16.3. The number of alkyl halides is 2. The van der Waals surface area contributed by atoms with Crippen LogP contribution >= 0.6 is 27.3 Å².